The highest BCUT2D eigenvalue weighted by Crippen LogP contribution is 2.08. The molecule has 1 atom stereocenters. The number of aliphatic imine (C=N–C) groups is 1. The van der Waals surface area contributed by atoms with Gasteiger partial charge in [0.05, 0.1) is 5.60 Å². The standard InChI is InChI=1S/C7H13NO3/c1-6(8-5-9)10-11-7(2,3)4/h6H,1-4H3. The molecule has 0 rings (SSSR count). The number of hydrogen-bond acceptors (Lipinski definition) is 4. The molecule has 0 fully saturated rings. The van der Waals surface area contributed by atoms with Crippen molar-refractivity contribution in [3.8, 4) is 0 Å². The maximum absolute atomic E-state index is 9.71. The van der Waals surface area contributed by atoms with Crippen molar-refractivity contribution in [3.63, 3.8) is 0 Å². The van der Waals surface area contributed by atoms with Crippen LogP contribution in [0, 0.1) is 0 Å². The summed E-state index contributed by atoms with van der Waals surface area (Å²) in [7, 11) is 0. The lowest BCUT2D eigenvalue weighted by atomic mass is 10.2. The summed E-state index contributed by atoms with van der Waals surface area (Å²) in [6.45, 7) is 7.11. The molecule has 4 nitrogen and oxygen atoms in total. The number of nitrogens with zero attached hydrogens (tertiary/aromatic N) is 1. The second kappa shape index (κ2) is 4.23. The summed E-state index contributed by atoms with van der Waals surface area (Å²) in [6, 6.07) is 0. The van der Waals surface area contributed by atoms with Gasteiger partial charge >= 0.3 is 0 Å². The van der Waals surface area contributed by atoms with E-state index in [9.17, 15) is 4.79 Å². The zero-order chi connectivity index (χ0) is 8.91. The van der Waals surface area contributed by atoms with E-state index in [1.165, 1.54) is 6.08 Å². The largest absolute Gasteiger partial charge is 0.237 e. The molecule has 0 aromatic heterocycles. The summed E-state index contributed by atoms with van der Waals surface area (Å²) in [4.78, 5) is 22.6. The van der Waals surface area contributed by atoms with Gasteiger partial charge < -0.3 is 0 Å². The predicted octanol–water partition coefficient (Wildman–Crippen LogP) is 1.41. The molecule has 0 radical (unpaired) electrons. The summed E-state index contributed by atoms with van der Waals surface area (Å²) >= 11 is 0. The minimum atomic E-state index is -0.591. The molecule has 0 heterocycles. The van der Waals surface area contributed by atoms with E-state index in [1.54, 1.807) is 6.92 Å². The average Bonchev–Trinajstić information content (AvgIpc) is 1.83. The molecular formula is C7H13NO3. The molecular weight excluding hydrogens is 146 g/mol. The van der Waals surface area contributed by atoms with Crippen LogP contribution in [-0.2, 0) is 14.6 Å². The van der Waals surface area contributed by atoms with Crippen molar-refractivity contribution in [2.45, 2.75) is 39.5 Å². The van der Waals surface area contributed by atoms with Crippen molar-refractivity contribution in [3.05, 3.63) is 0 Å². The maximum Gasteiger partial charge on any atom is 0.237 e. The zero-order valence-electron chi connectivity index (χ0n) is 7.25. The Morgan fingerprint density at radius 3 is 2.36 bits per heavy atom. The van der Waals surface area contributed by atoms with Gasteiger partial charge in [-0.1, -0.05) is 0 Å². The van der Waals surface area contributed by atoms with Crippen molar-refractivity contribution < 1.29 is 14.6 Å². The highest BCUT2D eigenvalue weighted by molar-refractivity contribution is 5.32. The summed E-state index contributed by atoms with van der Waals surface area (Å²) in [6.07, 6.45) is 0.783. The Labute approximate surface area is 66.1 Å². The fourth-order valence-electron chi connectivity index (χ4n) is 0.310. The topological polar surface area (TPSA) is 47.9 Å². The van der Waals surface area contributed by atoms with Gasteiger partial charge in [-0.2, -0.15) is 4.99 Å². The van der Waals surface area contributed by atoms with Crippen LogP contribution in [0.3, 0.4) is 0 Å². The Morgan fingerprint density at radius 2 is 2.00 bits per heavy atom. The first-order valence-electron chi connectivity index (χ1n) is 3.37. The molecule has 64 valence electrons. The van der Waals surface area contributed by atoms with Gasteiger partial charge in [-0.15, -0.1) is 0 Å². The molecule has 0 saturated carbocycles. The van der Waals surface area contributed by atoms with Crippen LogP contribution in [0.15, 0.2) is 4.99 Å². The van der Waals surface area contributed by atoms with E-state index in [2.05, 4.69) is 4.99 Å². The lowest BCUT2D eigenvalue weighted by Gasteiger charge is -2.18. The minimum absolute atomic E-state index is 0.382. The van der Waals surface area contributed by atoms with E-state index in [4.69, 9.17) is 9.78 Å². The van der Waals surface area contributed by atoms with Crippen molar-refractivity contribution >= 4 is 6.08 Å². The molecule has 0 bridgehead atoms. The van der Waals surface area contributed by atoms with Crippen molar-refractivity contribution in [1.29, 1.82) is 0 Å². The third kappa shape index (κ3) is 7.19. The van der Waals surface area contributed by atoms with Crippen LogP contribution >= 0.6 is 0 Å². The first-order chi connectivity index (χ1) is 4.95. The van der Waals surface area contributed by atoms with Gasteiger partial charge in [0.25, 0.3) is 0 Å². The van der Waals surface area contributed by atoms with Gasteiger partial charge in [0.2, 0.25) is 6.08 Å². The Hall–Kier alpha value is -0.700. The van der Waals surface area contributed by atoms with Gasteiger partial charge in [0.1, 0.15) is 0 Å². The quantitative estimate of drug-likeness (QED) is 0.271. The second-order valence-electron chi connectivity index (χ2n) is 3.11. The van der Waals surface area contributed by atoms with Crippen molar-refractivity contribution in [1.82, 2.24) is 0 Å². The number of rotatable bonds is 3. The summed E-state index contributed by atoms with van der Waals surface area (Å²) in [5.74, 6) is 0. The fourth-order valence-corrected chi connectivity index (χ4v) is 0.310. The molecule has 4 heteroatoms. The zero-order valence-corrected chi connectivity index (χ0v) is 7.25. The molecule has 0 N–H and O–H groups in total. The van der Waals surface area contributed by atoms with Gasteiger partial charge in [-0.25, -0.2) is 14.6 Å². The van der Waals surface area contributed by atoms with Crippen LogP contribution in [0.2, 0.25) is 0 Å². The number of hydrogen-bond donors (Lipinski definition) is 0. The Bertz CT molecular complexity index is 156. The van der Waals surface area contributed by atoms with Gasteiger partial charge in [-0.3, -0.25) is 0 Å². The van der Waals surface area contributed by atoms with Crippen molar-refractivity contribution in [2.24, 2.45) is 4.99 Å². The third-order valence-electron chi connectivity index (χ3n) is 0.672. The molecule has 0 amide bonds. The van der Waals surface area contributed by atoms with Gasteiger partial charge in [-0.05, 0) is 27.7 Å². The Kier molecular flexibility index (Phi) is 3.97. The second-order valence-corrected chi connectivity index (χ2v) is 3.11. The van der Waals surface area contributed by atoms with E-state index in [0.29, 0.717) is 0 Å². The molecule has 0 aliphatic rings. The van der Waals surface area contributed by atoms with E-state index in [1.807, 2.05) is 20.8 Å². The maximum atomic E-state index is 9.71. The van der Waals surface area contributed by atoms with E-state index in [-0.39, 0.29) is 5.60 Å². The van der Waals surface area contributed by atoms with Crippen LogP contribution in [-0.4, -0.2) is 17.9 Å². The minimum Gasteiger partial charge on any atom is -0.229 e. The fraction of sp³-hybridized carbons (Fsp3) is 0.857. The highest BCUT2D eigenvalue weighted by Gasteiger charge is 2.13. The van der Waals surface area contributed by atoms with E-state index >= 15 is 0 Å². The normalized spacial score (nSPS) is 13.8. The molecule has 0 aromatic carbocycles. The first-order valence-corrected chi connectivity index (χ1v) is 3.37. The smallest absolute Gasteiger partial charge is 0.229 e. The van der Waals surface area contributed by atoms with Gasteiger partial charge in [0, 0.05) is 0 Å². The van der Waals surface area contributed by atoms with Crippen LogP contribution in [0.1, 0.15) is 27.7 Å². The average molecular weight is 159 g/mol. The Balaban J connectivity index is 3.62. The number of isocyanates is 1. The molecule has 0 aliphatic carbocycles. The lowest BCUT2D eigenvalue weighted by Crippen LogP contribution is -2.22. The van der Waals surface area contributed by atoms with Crippen LogP contribution in [0.25, 0.3) is 0 Å². The highest BCUT2D eigenvalue weighted by atomic mass is 17.2. The molecule has 0 saturated heterocycles. The molecule has 11 heavy (non-hydrogen) atoms. The molecule has 0 aliphatic heterocycles. The summed E-state index contributed by atoms with van der Waals surface area (Å²) in [5.41, 5.74) is -0.382. The van der Waals surface area contributed by atoms with E-state index < -0.39 is 6.23 Å². The Morgan fingerprint density at radius 1 is 1.45 bits per heavy atom. The van der Waals surface area contributed by atoms with Crippen LogP contribution in [0.5, 0.6) is 0 Å². The lowest BCUT2D eigenvalue weighted by molar-refractivity contribution is -0.368. The summed E-state index contributed by atoms with van der Waals surface area (Å²) in [5, 5.41) is 0. The van der Waals surface area contributed by atoms with Crippen molar-refractivity contribution in [2.75, 3.05) is 0 Å². The first kappa shape index (κ1) is 10.3. The molecule has 0 aromatic rings. The SMILES string of the molecule is CC(N=C=O)OOC(C)(C)C. The van der Waals surface area contributed by atoms with Crippen LogP contribution in [0.4, 0.5) is 0 Å². The van der Waals surface area contributed by atoms with Gasteiger partial charge in [0.15, 0.2) is 6.23 Å². The third-order valence-corrected chi connectivity index (χ3v) is 0.672. The molecule has 1 unspecified atom stereocenters. The predicted molar refractivity (Wildman–Crippen MR) is 39.5 cm³/mol. The number of carbonyl (C=O) groups excluding carboxylic acids is 1. The van der Waals surface area contributed by atoms with Crippen LogP contribution < -0.4 is 0 Å². The monoisotopic (exact) mass is 159 g/mol. The molecule has 0 spiro atoms. The summed E-state index contributed by atoms with van der Waals surface area (Å²) < 4.78 is 0. The van der Waals surface area contributed by atoms with E-state index in [0.717, 1.165) is 0 Å².